The summed E-state index contributed by atoms with van der Waals surface area (Å²) in [5.74, 6) is 1.63. The summed E-state index contributed by atoms with van der Waals surface area (Å²) >= 11 is 1.64. The zero-order chi connectivity index (χ0) is 19.5. The molecule has 0 atom stereocenters. The molecule has 4 nitrogen and oxygen atoms in total. The Labute approximate surface area is 169 Å². The van der Waals surface area contributed by atoms with Gasteiger partial charge in [-0.15, -0.1) is 11.3 Å². The summed E-state index contributed by atoms with van der Waals surface area (Å²) < 4.78 is 5.90. The Kier molecular flexibility index (Phi) is 5.26. The van der Waals surface area contributed by atoms with E-state index in [0.29, 0.717) is 6.61 Å². The maximum Gasteiger partial charge on any atom is 0.143 e. The number of aromatic nitrogens is 2. The standard InChI is InChI=1S/C23H23N3OS/c1-4-11-27-20-8-6-5-7-19(20)26-22-21-18(13-28-23(21)25-14-24-22)17-10-9-15(2)12-16(17)3/h5-10,12-14H,4,11H2,1-3H3,(H,24,25,26). The molecule has 0 spiro atoms. The number of hydrogen-bond donors (Lipinski definition) is 1. The second-order valence-electron chi connectivity index (χ2n) is 6.84. The quantitative estimate of drug-likeness (QED) is 0.408. The van der Waals surface area contributed by atoms with Crippen LogP contribution in [0.5, 0.6) is 5.75 Å². The number of anilines is 2. The molecule has 2 aromatic heterocycles. The van der Waals surface area contributed by atoms with E-state index < -0.39 is 0 Å². The van der Waals surface area contributed by atoms with Crippen LogP contribution in [0.3, 0.4) is 0 Å². The fourth-order valence-corrected chi connectivity index (χ4v) is 4.23. The third-order valence-electron chi connectivity index (χ3n) is 4.64. The number of nitrogens with zero attached hydrogens (tertiary/aromatic N) is 2. The topological polar surface area (TPSA) is 47.0 Å². The second-order valence-corrected chi connectivity index (χ2v) is 7.70. The van der Waals surface area contributed by atoms with Gasteiger partial charge in [-0.2, -0.15) is 0 Å². The first-order valence-corrected chi connectivity index (χ1v) is 10.3. The van der Waals surface area contributed by atoms with E-state index in [-0.39, 0.29) is 0 Å². The number of fused-ring (bicyclic) bond motifs is 1. The molecular weight excluding hydrogens is 366 g/mol. The summed E-state index contributed by atoms with van der Waals surface area (Å²) in [7, 11) is 0. The third-order valence-corrected chi connectivity index (χ3v) is 5.53. The van der Waals surface area contributed by atoms with Gasteiger partial charge in [-0.05, 0) is 43.5 Å². The van der Waals surface area contributed by atoms with E-state index in [1.165, 1.54) is 16.7 Å². The Balaban J connectivity index is 1.80. The molecule has 4 rings (SSSR count). The van der Waals surface area contributed by atoms with Gasteiger partial charge in [0.25, 0.3) is 0 Å². The lowest BCUT2D eigenvalue weighted by Crippen LogP contribution is -2.01. The Bertz CT molecular complexity index is 1120. The number of ether oxygens (including phenoxy) is 1. The lowest BCUT2D eigenvalue weighted by Gasteiger charge is -2.14. The van der Waals surface area contributed by atoms with E-state index in [2.05, 4.69) is 59.6 Å². The lowest BCUT2D eigenvalue weighted by atomic mass is 9.99. The van der Waals surface area contributed by atoms with E-state index in [1.54, 1.807) is 17.7 Å². The van der Waals surface area contributed by atoms with Gasteiger partial charge in [-0.1, -0.05) is 42.8 Å². The van der Waals surface area contributed by atoms with Crippen molar-refractivity contribution in [1.82, 2.24) is 9.97 Å². The molecule has 0 amide bonds. The summed E-state index contributed by atoms with van der Waals surface area (Å²) in [6.07, 6.45) is 2.58. The molecule has 0 saturated heterocycles. The Morgan fingerprint density at radius 2 is 1.89 bits per heavy atom. The molecule has 0 unspecified atom stereocenters. The average molecular weight is 390 g/mol. The van der Waals surface area contributed by atoms with E-state index in [0.717, 1.165) is 39.5 Å². The third kappa shape index (κ3) is 3.58. The first-order valence-electron chi connectivity index (χ1n) is 9.46. The number of para-hydroxylation sites is 2. The van der Waals surface area contributed by atoms with Crippen molar-refractivity contribution in [3.8, 4) is 16.9 Å². The molecule has 0 aliphatic carbocycles. The number of aryl methyl sites for hydroxylation is 2. The molecule has 142 valence electrons. The van der Waals surface area contributed by atoms with Crippen LogP contribution in [0.2, 0.25) is 0 Å². The zero-order valence-corrected chi connectivity index (χ0v) is 17.1. The highest BCUT2D eigenvalue weighted by atomic mass is 32.1. The van der Waals surface area contributed by atoms with Crippen molar-refractivity contribution >= 4 is 33.1 Å². The molecule has 0 bridgehead atoms. The summed E-state index contributed by atoms with van der Waals surface area (Å²) in [6, 6.07) is 14.5. The van der Waals surface area contributed by atoms with Crippen LogP contribution < -0.4 is 10.1 Å². The normalized spacial score (nSPS) is 11.0. The van der Waals surface area contributed by atoms with Crippen molar-refractivity contribution in [2.45, 2.75) is 27.2 Å². The molecule has 28 heavy (non-hydrogen) atoms. The SMILES string of the molecule is CCCOc1ccccc1Nc1ncnc2scc(-c3ccc(C)cc3C)c12. The van der Waals surface area contributed by atoms with Crippen LogP contribution in [0.15, 0.2) is 54.2 Å². The van der Waals surface area contributed by atoms with E-state index in [1.807, 2.05) is 24.3 Å². The van der Waals surface area contributed by atoms with E-state index in [4.69, 9.17) is 4.74 Å². The highest BCUT2D eigenvalue weighted by Crippen LogP contribution is 2.39. The van der Waals surface area contributed by atoms with Gasteiger partial charge < -0.3 is 10.1 Å². The highest BCUT2D eigenvalue weighted by molar-refractivity contribution is 7.17. The highest BCUT2D eigenvalue weighted by Gasteiger charge is 2.16. The van der Waals surface area contributed by atoms with E-state index >= 15 is 0 Å². The van der Waals surface area contributed by atoms with Crippen LogP contribution in [0.1, 0.15) is 24.5 Å². The van der Waals surface area contributed by atoms with Gasteiger partial charge >= 0.3 is 0 Å². The molecule has 0 fully saturated rings. The molecule has 5 heteroatoms. The molecule has 2 heterocycles. The van der Waals surface area contributed by atoms with Crippen LogP contribution in [-0.2, 0) is 0 Å². The summed E-state index contributed by atoms with van der Waals surface area (Å²) in [4.78, 5) is 10.0. The van der Waals surface area contributed by atoms with Crippen LogP contribution in [0.25, 0.3) is 21.3 Å². The summed E-state index contributed by atoms with van der Waals surface area (Å²) in [6.45, 7) is 7.05. The Morgan fingerprint density at radius 3 is 2.71 bits per heavy atom. The van der Waals surface area contributed by atoms with Crippen molar-refractivity contribution < 1.29 is 4.74 Å². The fourth-order valence-electron chi connectivity index (χ4n) is 3.32. The maximum absolute atomic E-state index is 5.90. The minimum Gasteiger partial charge on any atom is -0.491 e. The van der Waals surface area contributed by atoms with Crippen molar-refractivity contribution in [3.05, 3.63) is 65.3 Å². The minimum absolute atomic E-state index is 0.685. The van der Waals surface area contributed by atoms with Gasteiger partial charge in [-0.3, -0.25) is 0 Å². The smallest absolute Gasteiger partial charge is 0.143 e. The number of rotatable bonds is 6. The van der Waals surface area contributed by atoms with E-state index in [9.17, 15) is 0 Å². The van der Waals surface area contributed by atoms with Crippen molar-refractivity contribution in [1.29, 1.82) is 0 Å². The molecule has 0 saturated carbocycles. The second kappa shape index (κ2) is 7.98. The molecule has 4 aromatic rings. The van der Waals surface area contributed by atoms with Crippen LogP contribution in [-0.4, -0.2) is 16.6 Å². The van der Waals surface area contributed by atoms with Crippen molar-refractivity contribution in [3.63, 3.8) is 0 Å². The molecule has 0 radical (unpaired) electrons. The zero-order valence-electron chi connectivity index (χ0n) is 16.3. The van der Waals surface area contributed by atoms with Gasteiger partial charge in [0.2, 0.25) is 0 Å². The first-order chi connectivity index (χ1) is 13.7. The average Bonchev–Trinajstić information content (AvgIpc) is 3.12. The number of hydrogen-bond acceptors (Lipinski definition) is 5. The lowest BCUT2D eigenvalue weighted by molar-refractivity contribution is 0.319. The molecule has 0 aliphatic heterocycles. The van der Waals surface area contributed by atoms with Crippen LogP contribution >= 0.6 is 11.3 Å². The van der Waals surface area contributed by atoms with Gasteiger partial charge in [0.15, 0.2) is 0 Å². The van der Waals surface area contributed by atoms with Gasteiger partial charge in [0.1, 0.15) is 22.7 Å². The first kappa shape index (κ1) is 18.4. The fraction of sp³-hybridized carbons (Fsp3) is 0.217. The summed E-state index contributed by atoms with van der Waals surface area (Å²) in [5.41, 5.74) is 5.80. The maximum atomic E-state index is 5.90. The monoisotopic (exact) mass is 389 g/mol. The Hall–Kier alpha value is -2.92. The number of thiophene rings is 1. The van der Waals surface area contributed by atoms with Crippen molar-refractivity contribution in [2.24, 2.45) is 0 Å². The molecular formula is C23H23N3OS. The van der Waals surface area contributed by atoms with Crippen molar-refractivity contribution in [2.75, 3.05) is 11.9 Å². The largest absolute Gasteiger partial charge is 0.491 e. The number of nitrogens with one attached hydrogen (secondary N) is 1. The van der Waals surface area contributed by atoms with Gasteiger partial charge in [-0.25, -0.2) is 9.97 Å². The molecule has 1 N–H and O–H groups in total. The summed E-state index contributed by atoms with van der Waals surface area (Å²) in [5, 5.41) is 6.70. The van der Waals surface area contributed by atoms with Crippen LogP contribution in [0.4, 0.5) is 11.5 Å². The van der Waals surface area contributed by atoms with Gasteiger partial charge in [0.05, 0.1) is 17.7 Å². The minimum atomic E-state index is 0.685. The van der Waals surface area contributed by atoms with Gasteiger partial charge in [0, 0.05) is 10.9 Å². The molecule has 2 aromatic carbocycles. The predicted molar refractivity (Wildman–Crippen MR) is 118 cm³/mol. The molecule has 0 aliphatic rings. The number of benzene rings is 2. The predicted octanol–water partition coefficient (Wildman–Crippen LogP) is 6.51. The Morgan fingerprint density at radius 1 is 1.04 bits per heavy atom. The van der Waals surface area contributed by atoms with Crippen LogP contribution in [0, 0.1) is 13.8 Å².